The van der Waals surface area contributed by atoms with Crippen LogP contribution in [0.3, 0.4) is 0 Å². The van der Waals surface area contributed by atoms with E-state index in [1.165, 1.54) is 5.38 Å². The van der Waals surface area contributed by atoms with Gasteiger partial charge in [0.15, 0.2) is 10.9 Å². The third kappa shape index (κ3) is 2.42. The van der Waals surface area contributed by atoms with Crippen LogP contribution in [0.25, 0.3) is 5.76 Å². The molecule has 0 unspecified atom stereocenters. The number of halogens is 1. The maximum absolute atomic E-state index is 12.7. The van der Waals surface area contributed by atoms with Crippen molar-refractivity contribution in [3.05, 3.63) is 27.7 Å². The average Bonchev–Trinajstić information content (AvgIpc) is 2.65. The first-order valence-electron chi connectivity index (χ1n) is 4.21. The van der Waals surface area contributed by atoms with Crippen molar-refractivity contribution in [3.63, 3.8) is 0 Å². The predicted molar refractivity (Wildman–Crippen MR) is 54.7 cm³/mol. The number of ketones is 1. The van der Waals surface area contributed by atoms with Crippen molar-refractivity contribution >= 4 is 22.9 Å². The van der Waals surface area contributed by atoms with E-state index in [2.05, 4.69) is 0 Å². The first-order valence-corrected chi connectivity index (χ1v) is 5.09. The van der Waals surface area contributed by atoms with Gasteiger partial charge in [0.1, 0.15) is 17.4 Å². The highest BCUT2D eigenvalue weighted by molar-refractivity contribution is 7.08. The van der Waals surface area contributed by atoms with Crippen molar-refractivity contribution in [2.24, 2.45) is 0 Å². The van der Waals surface area contributed by atoms with Gasteiger partial charge in [-0.05, 0) is 6.07 Å². The molecule has 0 atom stereocenters. The molecule has 1 N–H and O–H groups in total. The van der Waals surface area contributed by atoms with Gasteiger partial charge in [0.2, 0.25) is 0 Å². The number of Topliss-reactive ketones (excluding diaryl/α,β-unsaturated/α-hetero) is 1. The van der Waals surface area contributed by atoms with Crippen molar-refractivity contribution in [3.8, 4) is 6.07 Å². The Hall–Kier alpha value is -1.67. The van der Waals surface area contributed by atoms with Crippen molar-refractivity contribution < 1.29 is 14.3 Å². The molecule has 0 saturated heterocycles. The van der Waals surface area contributed by atoms with Crippen molar-refractivity contribution in [2.45, 2.75) is 13.3 Å². The van der Waals surface area contributed by atoms with Gasteiger partial charge in [0.05, 0.1) is 0 Å². The Morgan fingerprint density at radius 3 is 2.80 bits per heavy atom. The van der Waals surface area contributed by atoms with Gasteiger partial charge in [0, 0.05) is 17.4 Å². The molecule has 0 fully saturated rings. The number of allylic oxidation sites excluding steroid dienone is 1. The highest BCUT2D eigenvalue weighted by Crippen LogP contribution is 2.22. The summed E-state index contributed by atoms with van der Waals surface area (Å²) < 4.78 is 12.7. The Labute approximate surface area is 90.1 Å². The monoisotopic (exact) mass is 225 g/mol. The molecule has 0 aliphatic rings. The first kappa shape index (κ1) is 11.4. The van der Waals surface area contributed by atoms with Crippen LogP contribution in [-0.2, 0) is 4.79 Å². The number of thiophene rings is 1. The molecule has 5 heteroatoms. The fourth-order valence-corrected chi connectivity index (χ4v) is 1.62. The van der Waals surface area contributed by atoms with E-state index >= 15 is 0 Å². The maximum Gasteiger partial charge on any atom is 0.177 e. The molecule has 3 nitrogen and oxygen atoms in total. The molecule has 0 aromatic carbocycles. The molecule has 1 aromatic rings. The van der Waals surface area contributed by atoms with Crippen LogP contribution >= 0.6 is 11.3 Å². The Bertz CT molecular complexity index is 456. The zero-order chi connectivity index (χ0) is 11.4. The molecule has 0 amide bonds. The lowest BCUT2D eigenvalue weighted by atomic mass is 10.1. The number of nitriles is 1. The number of nitrogens with zero attached hydrogens (tertiary/aromatic N) is 1. The number of rotatable bonds is 3. The summed E-state index contributed by atoms with van der Waals surface area (Å²) in [5.74, 6) is -0.911. The van der Waals surface area contributed by atoms with Crippen LogP contribution < -0.4 is 0 Å². The van der Waals surface area contributed by atoms with E-state index < -0.39 is 16.7 Å². The molecule has 1 rings (SSSR count). The van der Waals surface area contributed by atoms with E-state index in [0.29, 0.717) is 0 Å². The molecule has 0 saturated carbocycles. The molecule has 0 radical (unpaired) electrons. The van der Waals surface area contributed by atoms with E-state index in [1.807, 2.05) is 0 Å². The summed E-state index contributed by atoms with van der Waals surface area (Å²) >= 11 is 0.798. The Balaban J connectivity index is 3.18. The quantitative estimate of drug-likeness (QED) is 0.488. The number of aliphatic hydroxyl groups excluding tert-OH is 1. The van der Waals surface area contributed by atoms with Crippen LogP contribution in [0.15, 0.2) is 17.0 Å². The fraction of sp³-hybridized carbons (Fsp3) is 0.200. The van der Waals surface area contributed by atoms with Gasteiger partial charge in [-0.2, -0.15) is 9.65 Å². The molecule has 0 bridgehead atoms. The van der Waals surface area contributed by atoms with Crippen molar-refractivity contribution in [1.29, 1.82) is 5.26 Å². The van der Waals surface area contributed by atoms with E-state index in [-0.39, 0.29) is 17.6 Å². The summed E-state index contributed by atoms with van der Waals surface area (Å²) in [4.78, 5) is 11.2. The summed E-state index contributed by atoms with van der Waals surface area (Å²) in [7, 11) is 0. The maximum atomic E-state index is 12.7. The minimum Gasteiger partial charge on any atom is -0.506 e. The third-order valence-corrected chi connectivity index (χ3v) is 2.50. The highest BCUT2D eigenvalue weighted by atomic mass is 32.1. The van der Waals surface area contributed by atoms with Gasteiger partial charge >= 0.3 is 0 Å². The summed E-state index contributed by atoms with van der Waals surface area (Å²) in [6, 6.07) is 2.71. The lowest BCUT2D eigenvalue weighted by Crippen LogP contribution is -2.01. The van der Waals surface area contributed by atoms with Gasteiger partial charge in [-0.25, -0.2) is 0 Å². The SMILES string of the molecule is CCC(=O)C(C#N)=C(O)c1csc(F)c1. The molecule has 0 aliphatic heterocycles. The second-order valence-corrected chi connectivity index (χ2v) is 3.61. The fourth-order valence-electron chi connectivity index (χ4n) is 1.00. The highest BCUT2D eigenvalue weighted by Gasteiger charge is 2.15. The van der Waals surface area contributed by atoms with E-state index in [9.17, 15) is 14.3 Å². The molecular weight excluding hydrogens is 217 g/mol. The zero-order valence-electron chi connectivity index (χ0n) is 7.95. The minimum absolute atomic E-state index is 0.125. The standard InChI is InChI=1S/C10H8FNO2S/c1-2-8(13)7(4-12)10(14)6-3-9(11)15-5-6/h3,5,14H,2H2,1H3. The molecule has 0 spiro atoms. The lowest BCUT2D eigenvalue weighted by molar-refractivity contribution is -0.114. The Morgan fingerprint density at radius 2 is 2.40 bits per heavy atom. The molecule has 78 valence electrons. The third-order valence-electron chi connectivity index (χ3n) is 1.79. The molecule has 1 heterocycles. The number of aliphatic hydroxyl groups is 1. The predicted octanol–water partition coefficient (Wildman–Crippen LogP) is 2.66. The van der Waals surface area contributed by atoms with Crippen LogP contribution in [0, 0.1) is 16.5 Å². The van der Waals surface area contributed by atoms with Gasteiger partial charge in [-0.1, -0.05) is 6.92 Å². The second kappa shape index (κ2) is 4.71. The normalized spacial score (nSPS) is 11.8. The van der Waals surface area contributed by atoms with Crippen LogP contribution in [-0.4, -0.2) is 10.9 Å². The smallest absolute Gasteiger partial charge is 0.177 e. The zero-order valence-corrected chi connectivity index (χ0v) is 8.77. The van der Waals surface area contributed by atoms with Crippen LogP contribution in [0.5, 0.6) is 0 Å². The summed E-state index contributed by atoms with van der Waals surface area (Å²) in [5, 5.41) is 19.1. The van der Waals surface area contributed by atoms with Crippen LogP contribution in [0.1, 0.15) is 18.9 Å². The van der Waals surface area contributed by atoms with Gasteiger partial charge in [-0.15, -0.1) is 11.3 Å². The topological polar surface area (TPSA) is 61.1 Å². The minimum atomic E-state index is -0.474. The van der Waals surface area contributed by atoms with Crippen LogP contribution in [0.4, 0.5) is 4.39 Å². The molecule has 1 aromatic heterocycles. The number of carbonyl (C=O) groups is 1. The van der Waals surface area contributed by atoms with Crippen LogP contribution in [0.2, 0.25) is 0 Å². The summed E-state index contributed by atoms with van der Waals surface area (Å²) in [5.41, 5.74) is -0.161. The largest absolute Gasteiger partial charge is 0.506 e. The van der Waals surface area contributed by atoms with Gasteiger partial charge in [0.25, 0.3) is 0 Å². The Morgan fingerprint density at radius 1 is 1.73 bits per heavy atom. The lowest BCUT2D eigenvalue weighted by Gasteiger charge is -1.99. The molecule has 15 heavy (non-hydrogen) atoms. The van der Waals surface area contributed by atoms with E-state index in [1.54, 1.807) is 13.0 Å². The Kier molecular flexibility index (Phi) is 3.58. The van der Waals surface area contributed by atoms with Crippen molar-refractivity contribution in [1.82, 2.24) is 0 Å². The second-order valence-electron chi connectivity index (χ2n) is 2.75. The number of hydrogen-bond acceptors (Lipinski definition) is 4. The summed E-state index contributed by atoms with van der Waals surface area (Å²) in [6.07, 6.45) is 0.125. The van der Waals surface area contributed by atoms with Gasteiger partial charge < -0.3 is 5.11 Å². The number of carbonyl (C=O) groups excluding carboxylic acids is 1. The van der Waals surface area contributed by atoms with Crippen molar-refractivity contribution in [2.75, 3.05) is 0 Å². The average molecular weight is 225 g/mol. The van der Waals surface area contributed by atoms with E-state index in [0.717, 1.165) is 17.4 Å². The van der Waals surface area contributed by atoms with Gasteiger partial charge in [-0.3, -0.25) is 4.79 Å². The van der Waals surface area contributed by atoms with E-state index in [4.69, 9.17) is 5.26 Å². The summed E-state index contributed by atoms with van der Waals surface area (Å²) in [6.45, 7) is 1.58. The first-order chi connectivity index (χ1) is 7.10. The molecular formula is C10H8FNO2S. The number of hydrogen-bond donors (Lipinski definition) is 1. The molecule has 0 aliphatic carbocycles.